The fraction of sp³-hybridized carbons (Fsp3) is 0.739. The molecule has 1 N–H and O–H groups in total. The molecule has 0 spiro atoms. The number of likely N-dealkylation sites (tertiary alicyclic amines) is 2. The number of aliphatic carboxylic acids is 1. The molecule has 3 heterocycles. The minimum absolute atomic E-state index is 0.200. The predicted octanol–water partition coefficient (Wildman–Crippen LogP) is 1.98. The second-order valence-corrected chi connectivity index (χ2v) is 10.1. The summed E-state index contributed by atoms with van der Waals surface area (Å²) >= 11 is 0. The number of amides is 2. The molecular formula is C23H34F3N5O4. The highest BCUT2D eigenvalue weighted by molar-refractivity contribution is 5.84. The van der Waals surface area contributed by atoms with Crippen molar-refractivity contribution in [3.05, 3.63) is 18.0 Å². The van der Waals surface area contributed by atoms with E-state index >= 15 is 0 Å². The number of aryl methyl sites for hydroxylation is 1. The van der Waals surface area contributed by atoms with E-state index in [0.717, 1.165) is 58.4 Å². The van der Waals surface area contributed by atoms with Crippen LogP contribution in [0.25, 0.3) is 0 Å². The number of carboxylic acids is 1. The van der Waals surface area contributed by atoms with Crippen molar-refractivity contribution >= 4 is 17.8 Å². The molecule has 2 saturated heterocycles. The van der Waals surface area contributed by atoms with Gasteiger partial charge in [0, 0.05) is 77.5 Å². The summed E-state index contributed by atoms with van der Waals surface area (Å²) in [5, 5.41) is 11.4. The SMILES string of the molecule is CN(C)C(=O)[C@]12CCCN(C(=O)C3CCC3)C[C@H]1CN(Cc1cnn(C)c1)C2.O=C(O)C(F)(F)F. The Morgan fingerprint density at radius 2 is 1.86 bits per heavy atom. The van der Waals surface area contributed by atoms with Crippen molar-refractivity contribution in [3.8, 4) is 0 Å². The Bertz CT molecular complexity index is 931. The molecule has 1 aromatic rings. The molecule has 0 bridgehead atoms. The maximum atomic E-state index is 13.3. The van der Waals surface area contributed by atoms with Gasteiger partial charge in [-0.2, -0.15) is 18.3 Å². The first-order valence-corrected chi connectivity index (χ1v) is 11.8. The lowest BCUT2D eigenvalue weighted by atomic mass is 9.74. The summed E-state index contributed by atoms with van der Waals surface area (Å²) in [6.07, 6.45) is 3.89. The van der Waals surface area contributed by atoms with Crippen LogP contribution in [-0.4, -0.2) is 93.8 Å². The number of nitrogens with zero attached hydrogens (tertiary/aromatic N) is 5. The minimum atomic E-state index is -5.08. The largest absolute Gasteiger partial charge is 0.490 e. The van der Waals surface area contributed by atoms with Crippen LogP contribution >= 0.6 is 0 Å². The standard InChI is InChI=1S/C21H33N5O2.C2HF3O2/c1-23(2)20(28)21-8-5-9-26(19(27)17-6-4-7-17)14-18(21)13-25(15-21)12-16-10-22-24(3)11-16;3-2(4,5)1(6)7/h10-11,17-18H,4-9,12-15H2,1-3H3;(H,6,7)/t18-,21+;/m1./s1. The maximum Gasteiger partial charge on any atom is 0.490 e. The number of carboxylic acid groups (broad SMARTS) is 1. The smallest absolute Gasteiger partial charge is 0.475 e. The van der Waals surface area contributed by atoms with E-state index < -0.39 is 12.1 Å². The zero-order valence-corrected chi connectivity index (χ0v) is 20.4. The van der Waals surface area contributed by atoms with E-state index in [4.69, 9.17) is 9.90 Å². The fourth-order valence-electron chi connectivity index (χ4n) is 5.38. The molecule has 1 aromatic heterocycles. The van der Waals surface area contributed by atoms with Gasteiger partial charge in [0.15, 0.2) is 0 Å². The van der Waals surface area contributed by atoms with Gasteiger partial charge in [0.1, 0.15) is 0 Å². The molecule has 35 heavy (non-hydrogen) atoms. The van der Waals surface area contributed by atoms with E-state index in [1.807, 2.05) is 38.2 Å². The fourth-order valence-corrected chi connectivity index (χ4v) is 5.38. The zero-order valence-electron chi connectivity index (χ0n) is 20.4. The van der Waals surface area contributed by atoms with Crippen molar-refractivity contribution in [2.75, 3.05) is 40.3 Å². The van der Waals surface area contributed by atoms with Crippen LogP contribution in [0.2, 0.25) is 0 Å². The van der Waals surface area contributed by atoms with Gasteiger partial charge in [0.2, 0.25) is 11.8 Å². The first-order valence-electron chi connectivity index (χ1n) is 11.8. The van der Waals surface area contributed by atoms with Gasteiger partial charge < -0.3 is 14.9 Å². The number of fused-ring (bicyclic) bond motifs is 1. The molecule has 9 nitrogen and oxygen atoms in total. The second-order valence-electron chi connectivity index (χ2n) is 10.1. The highest BCUT2D eigenvalue weighted by Crippen LogP contribution is 2.45. The maximum absolute atomic E-state index is 13.3. The number of carbonyl (C=O) groups excluding carboxylic acids is 2. The van der Waals surface area contributed by atoms with E-state index in [1.54, 1.807) is 4.90 Å². The Morgan fingerprint density at radius 1 is 1.20 bits per heavy atom. The summed E-state index contributed by atoms with van der Waals surface area (Å²) < 4.78 is 33.6. The average Bonchev–Trinajstić information content (AvgIpc) is 3.23. The lowest BCUT2D eigenvalue weighted by molar-refractivity contribution is -0.192. The van der Waals surface area contributed by atoms with Crippen LogP contribution < -0.4 is 0 Å². The van der Waals surface area contributed by atoms with Gasteiger partial charge in [-0.1, -0.05) is 6.42 Å². The molecule has 3 fully saturated rings. The molecule has 0 aromatic carbocycles. The van der Waals surface area contributed by atoms with Crippen molar-refractivity contribution in [3.63, 3.8) is 0 Å². The van der Waals surface area contributed by atoms with Crippen LogP contribution in [0, 0.1) is 17.3 Å². The Hall–Kier alpha value is -2.63. The molecule has 0 radical (unpaired) electrons. The van der Waals surface area contributed by atoms with Crippen LogP contribution in [0.3, 0.4) is 0 Å². The average molecular weight is 502 g/mol. The van der Waals surface area contributed by atoms with E-state index in [0.29, 0.717) is 5.91 Å². The second kappa shape index (κ2) is 10.5. The van der Waals surface area contributed by atoms with Crippen LogP contribution in [0.4, 0.5) is 13.2 Å². The van der Waals surface area contributed by atoms with Gasteiger partial charge >= 0.3 is 12.1 Å². The van der Waals surface area contributed by atoms with E-state index in [9.17, 15) is 22.8 Å². The number of carbonyl (C=O) groups is 3. The normalized spacial score (nSPS) is 25.1. The molecule has 2 amide bonds. The molecule has 2 aliphatic heterocycles. The Labute approximate surface area is 202 Å². The summed E-state index contributed by atoms with van der Waals surface area (Å²) in [6.45, 7) is 3.97. The van der Waals surface area contributed by atoms with Crippen LogP contribution in [0.5, 0.6) is 0 Å². The number of aromatic nitrogens is 2. The summed E-state index contributed by atoms with van der Waals surface area (Å²) in [7, 11) is 5.65. The molecule has 4 rings (SSSR count). The van der Waals surface area contributed by atoms with Crippen molar-refractivity contribution in [2.24, 2.45) is 24.3 Å². The van der Waals surface area contributed by atoms with Gasteiger partial charge in [0.05, 0.1) is 11.6 Å². The van der Waals surface area contributed by atoms with E-state index in [1.165, 1.54) is 12.0 Å². The summed E-state index contributed by atoms with van der Waals surface area (Å²) in [5.41, 5.74) is 0.800. The number of halogens is 3. The predicted molar refractivity (Wildman–Crippen MR) is 120 cm³/mol. The van der Waals surface area contributed by atoms with E-state index in [-0.39, 0.29) is 23.2 Å². The van der Waals surface area contributed by atoms with Gasteiger partial charge in [-0.25, -0.2) is 4.79 Å². The third-order valence-corrected chi connectivity index (χ3v) is 7.26. The lowest BCUT2D eigenvalue weighted by Gasteiger charge is -2.36. The molecule has 0 unspecified atom stereocenters. The highest BCUT2D eigenvalue weighted by atomic mass is 19.4. The lowest BCUT2D eigenvalue weighted by Crippen LogP contribution is -2.48. The Balaban J connectivity index is 0.000000429. The third kappa shape index (κ3) is 6.14. The highest BCUT2D eigenvalue weighted by Gasteiger charge is 2.54. The molecule has 1 aliphatic carbocycles. The van der Waals surface area contributed by atoms with Gasteiger partial charge in [0.25, 0.3) is 0 Å². The number of rotatable bonds is 4. The summed E-state index contributed by atoms with van der Waals surface area (Å²) in [6, 6.07) is 0. The molecule has 1 saturated carbocycles. The molecule has 12 heteroatoms. The number of hydrogen-bond acceptors (Lipinski definition) is 5. The van der Waals surface area contributed by atoms with Crippen molar-refractivity contribution in [1.82, 2.24) is 24.5 Å². The number of alkyl halides is 3. The summed E-state index contributed by atoms with van der Waals surface area (Å²) in [5.74, 6) is -1.78. The van der Waals surface area contributed by atoms with Gasteiger partial charge in [-0.05, 0) is 25.7 Å². The number of hydrogen-bond donors (Lipinski definition) is 1. The van der Waals surface area contributed by atoms with Crippen LogP contribution in [-0.2, 0) is 28.0 Å². The quantitative estimate of drug-likeness (QED) is 0.678. The third-order valence-electron chi connectivity index (χ3n) is 7.26. The Morgan fingerprint density at radius 3 is 2.34 bits per heavy atom. The molecule has 196 valence electrons. The monoisotopic (exact) mass is 501 g/mol. The van der Waals surface area contributed by atoms with Crippen LogP contribution in [0.15, 0.2) is 12.4 Å². The van der Waals surface area contributed by atoms with Crippen molar-refractivity contribution < 1.29 is 32.7 Å². The van der Waals surface area contributed by atoms with Crippen molar-refractivity contribution in [2.45, 2.75) is 44.8 Å². The van der Waals surface area contributed by atoms with Gasteiger partial charge in [-0.15, -0.1) is 0 Å². The first kappa shape index (κ1) is 27.0. The minimum Gasteiger partial charge on any atom is -0.475 e. The zero-order chi connectivity index (χ0) is 26.0. The summed E-state index contributed by atoms with van der Waals surface area (Å²) in [4.78, 5) is 41.3. The molecular weight excluding hydrogens is 467 g/mol. The molecule has 3 aliphatic rings. The van der Waals surface area contributed by atoms with Crippen LogP contribution in [0.1, 0.15) is 37.7 Å². The van der Waals surface area contributed by atoms with Crippen molar-refractivity contribution in [1.29, 1.82) is 0 Å². The Kier molecular flexibility index (Phi) is 8.13. The topological polar surface area (TPSA) is 99.0 Å². The van der Waals surface area contributed by atoms with E-state index in [2.05, 4.69) is 14.9 Å². The molecule has 2 atom stereocenters. The van der Waals surface area contributed by atoms with Gasteiger partial charge in [-0.3, -0.25) is 19.2 Å². The first-order chi connectivity index (χ1) is 16.3.